The van der Waals surface area contributed by atoms with Crippen LogP contribution >= 0.6 is 0 Å². The molecule has 2 heterocycles. The maximum absolute atomic E-state index is 12.5. The largest absolute Gasteiger partial charge is 0.378 e. The van der Waals surface area contributed by atoms with Crippen molar-refractivity contribution in [1.29, 1.82) is 0 Å². The van der Waals surface area contributed by atoms with Crippen molar-refractivity contribution in [3.05, 3.63) is 72.3 Å². The SMILES string of the molecule is O=C(/C=C/c1c(-c2ccccc2)noc1-c1ccccc1)N1CCOCC1. The Bertz CT molecular complexity index is 870. The Morgan fingerprint density at radius 3 is 2.22 bits per heavy atom. The number of morpholine rings is 1. The monoisotopic (exact) mass is 360 g/mol. The van der Waals surface area contributed by atoms with Crippen molar-refractivity contribution < 1.29 is 14.1 Å². The minimum atomic E-state index is -0.0301. The lowest BCUT2D eigenvalue weighted by atomic mass is 10.0. The van der Waals surface area contributed by atoms with Crippen LogP contribution in [-0.4, -0.2) is 42.3 Å². The summed E-state index contributed by atoms with van der Waals surface area (Å²) < 4.78 is 11.0. The van der Waals surface area contributed by atoms with E-state index in [9.17, 15) is 4.79 Å². The highest BCUT2D eigenvalue weighted by molar-refractivity contribution is 5.94. The standard InChI is InChI=1S/C22H20N2O3/c25-20(24-13-15-26-16-14-24)12-11-19-21(17-7-3-1-4-8-17)23-27-22(19)18-9-5-2-6-10-18/h1-12H,13-16H2/b12-11+. The van der Waals surface area contributed by atoms with Gasteiger partial charge in [0.05, 0.1) is 18.8 Å². The first-order valence-electron chi connectivity index (χ1n) is 8.98. The van der Waals surface area contributed by atoms with Gasteiger partial charge in [-0.25, -0.2) is 0 Å². The third kappa shape index (κ3) is 3.83. The molecule has 0 unspecified atom stereocenters. The average Bonchev–Trinajstić information content (AvgIpc) is 3.18. The fourth-order valence-electron chi connectivity index (χ4n) is 3.10. The van der Waals surface area contributed by atoms with Crippen LogP contribution in [0.5, 0.6) is 0 Å². The van der Waals surface area contributed by atoms with E-state index in [4.69, 9.17) is 9.26 Å². The first kappa shape index (κ1) is 17.2. The molecule has 0 aliphatic carbocycles. The molecule has 4 rings (SSSR count). The third-order valence-electron chi connectivity index (χ3n) is 4.53. The highest BCUT2D eigenvalue weighted by Crippen LogP contribution is 2.33. The molecule has 27 heavy (non-hydrogen) atoms. The molecule has 0 N–H and O–H groups in total. The predicted octanol–water partition coefficient (Wildman–Crippen LogP) is 3.88. The van der Waals surface area contributed by atoms with Crippen molar-refractivity contribution in [2.45, 2.75) is 0 Å². The summed E-state index contributed by atoms with van der Waals surface area (Å²) in [6.07, 6.45) is 3.40. The van der Waals surface area contributed by atoms with Crippen LogP contribution in [-0.2, 0) is 9.53 Å². The average molecular weight is 360 g/mol. The molecule has 1 amide bonds. The van der Waals surface area contributed by atoms with Crippen LogP contribution in [0.2, 0.25) is 0 Å². The minimum absolute atomic E-state index is 0.0301. The normalized spacial score (nSPS) is 14.6. The van der Waals surface area contributed by atoms with Crippen molar-refractivity contribution in [1.82, 2.24) is 10.1 Å². The lowest BCUT2D eigenvalue weighted by Crippen LogP contribution is -2.39. The Morgan fingerprint density at radius 1 is 0.926 bits per heavy atom. The highest BCUT2D eigenvalue weighted by atomic mass is 16.5. The molecule has 1 aliphatic heterocycles. The zero-order valence-electron chi connectivity index (χ0n) is 14.9. The Morgan fingerprint density at radius 2 is 1.56 bits per heavy atom. The maximum Gasteiger partial charge on any atom is 0.246 e. The number of aromatic nitrogens is 1. The number of carbonyl (C=O) groups excluding carboxylic acids is 1. The van der Waals surface area contributed by atoms with E-state index in [1.807, 2.05) is 60.7 Å². The quantitative estimate of drug-likeness (QED) is 0.663. The topological polar surface area (TPSA) is 55.6 Å². The summed E-state index contributed by atoms with van der Waals surface area (Å²) in [7, 11) is 0. The van der Waals surface area contributed by atoms with Gasteiger partial charge in [-0.2, -0.15) is 0 Å². The van der Waals surface area contributed by atoms with Gasteiger partial charge in [0.15, 0.2) is 5.76 Å². The first-order valence-corrected chi connectivity index (χ1v) is 8.98. The smallest absolute Gasteiger partial charge is 0.246 e. The summed E-state index contributed by atoms with van der Waals surface area (Å²) in [6.45, 7) is 2.39. The zero-order chi connectivity index (χ0) is 18.5. The zero-order valence-corrected chi connectivity index (χ0v) is 14.9. The Labute approximate surface area is 157 Å². The van der Waals surface area contributed by atoms with Crippen LogP contribution in [0.15, 0.2) is 71.3 Å². The van der Waals surface area contributed by atoms with Gasteiger partial charge in [-0.3, -0.25) is 4.79 Å². The molecular weight excluding hydrogens is 340 g/mol. The van der Waals surface area contributed by atoms with Crippen LogP contribution < -0.4 is 0 Å². The summed E-state index contributed by atoms with van der Waals surface area (Å²) in [6, 6.07) is 19.6. The number of hydrogen-bond acceptors (Lipinski definition) is 4. The van der Waals surface area contributed by atoms with Crippen LogP contribution in [0.1, 0.15) is 5.56 Å². The number of hydrogen-bond donors (Lipinski definition) is 0. The molecule has 5 heteroatoms. The fourth-order valence-corrected chi connectivity index (χ4v) is 3.10. The molecule has 0 radical (unpaired) electrons. The minimum Gasteiger partial charge on any atom is -0.378 e. The summed E-state index contributed by atoms with van der Waals surface area (Å²) in [4.78, 5) is 14.3. The molecule has 0 bridgehead atoms. The van der Waals surface area contributed by atoms with E-state index in [0.717, 1.165) is 22.4 Å². The molecule has 1 aliphatic rings. The van der Waals surface area contributed by atoms with Gasteiger partial charge in [-0.05, 0) is 6.08 Å². The van der Waals surface area contributed by atoms with Crippen molar-refractivity contribution in [3.8, 4) is 22.6 Å². The molecule has 1 saturated heterocycles. The number of amides is 1. The van der Waals surface area contributed by atoms with Gasteiger partial charge in [0.25, 0.3) is 0 Å². The molecule has 1 aromatic heterocycles. The van der Waals surface area contributed by atoms with E-state index in [1.165, 1.54) is 0 Å². The molecule has 0 atom stereocenters. The molecule has 0 saturated carbocycles. The second-order valence-electron chi connectivity index (χ2n) is 6.28. The molecule has 5 nitrogen and oxygen atoms in total. The molecule has 0 spiro atoms. The van der Waals surface area contributed by atoms with E-state index in [-0.39, 0.29) is 5.91 Å². The molecular formula is C22H20N2O3. The van der Waals surface area contributed by atoms with Gasteiger partial charge in [-0.15, -0.1) is 0 Å². The number of benzene rings is 2. The predicted molar refractivity (Wildman–Crippen MR) is 104 cm³/mol. The summed E-state index contributed by atoms with van der Waals surface area (Å²) in [5.41, 5.74) is 3.39. The first-order chi connectivity index (χ1) is 13.3. The van der Waals surface area contributed by atoms with Crippen molar-refractivity contribution in [2.75, 3.05) is 26.3 Å². The van der Waals surface area contributed by atoms with Gasteiger partial charge in [0, 0.05) is 30.3 Å². The van der Waals surface area contributed by atoms with Crippen LogP contribution in [0.25, 0.3) is 28.7 Å². The van der Waals surface area contributed by atoms with Gasteiger partial charge in [-0.1, -0.05) is 65.8 Å². The third-order valence-corrected chi connectivity index (χ3v) is 4.53. The molecule has 1 fully saturated rings. The lowest BCUT2D eigenvalue weighted by molar-refractivity contribution is -0.129. The Kier molecular flexibility index (Phi) is 5.12. The van der Waals surface area contributed by atoms with Gasteiger partial charge in [0.1, 0.15) is 5.69 Å². The molecule has 136 valence electrons. The second kappa shape index (κ2) is 8.01. The number of carbonyl (C=O) groups is 1. The van der Waals surface area contributed by atoms with Gasteiger partial charge >= 0.3 is 0 Å². The fraction of sp³-hybridized carbons (Fsp3) is 0.182. The van der Waals surface area contributed by atoms with Crippen molar-refractivity contribution in [3.63, 3.8) is 0 Å². The second-order valence-corrected chi connectivity index (χ2v) is 6.28. The number of rotatable bonds is 4. The highest BCUT2D eigenvalue weighted by Gasteiger charge is 2.19. The lowest BCUT2D eigenvalue weighted by Gasteiger charge is -2.25. The van der Waals surface area contributed by atoms with E-state index >= 15 is 0 Å². The maximum atomic E-state index is 12.5. The van der Waals surface area contributed by atoms with Crippen LogP contribution in [0.3, 0.4) is 0 Å². The van der Waals surface area contributed by atoms with Gasteiger partial charge in [0.2, 0.25) is 5.91 Å². The summed E-state index contributed by atoms with van der Waals surface area (Å²) >= 11 is 0. The Hall–Kier alpha value is -3.18. The van der Waals surface area contributed by atoms with E-state index < -0.39 is 0 Å². The Balaban J connectivity index is 1.71. The van der Waals surface area contributed by atoms with E-state index in [0.29, 0.717) is 32.1 Å². The van der Waals surface area contributed by atoms with Crippen molar-refractivity contribution >= 4 is 12.0 Å². The van der Waals surface area contributed by atoms with Crippen molar-refractivity contribution in [2.24, 2.45) is 0 Å². The number of nitrogens with zero attached hydrogens (tertiary/aromatic N) is 2. The number of ether oxygens (including phenoxy) is 1. The van der Waals surface area contributed by atoms with Gasteiger partial charge < -0.3 is 14.2 Å². The van der Waals surface area contributed by atoms with E-state index in [1.54, 1.807) is 17.1 Å². The summed E-state index contributed by atoms with van der Waals surface area (Å²) in [5.74, 6) is 0.623. The summed E-state index contributed by atoms with van der Waals surface area (Å²) in [5, 5.41) is 4.28. The van der Waals surface area contributed by atoms with E-state index in [2.05, 4.69) is 5.16 Å². The van der Waals surface area contributed by atoms with Crippen LogP contribution in [0.4, 0.5) is 0 Å². The molecule has 3 aromatic rings. The molecule has 2 aromatic carbocycles. The van der Waals surface area contributed by atoms with Crippen LogP contribution in [0, 0.1) is 0 Å².